The van der Waals surface area contributed by atoms with Crippen molar-refractivity contribution in [2.45, 2.75) is 32.7 Å². The highest BCUT2D eigenvalue weighted by Crippen LogP contribution is 2.27. The summed E-state index contributed by atoms with van der Waals surface area (Å²) in [4.78, 5) is 22.8. The first-order valence-corrected chi connectivity index (χ1v) is 9.28. The van der Waals surface area contributed by atoms with E-state index in [9.17, 15) is 10.0 Å². The number of aromatic nitrogens is 3. The zero-order valence-electron chi connectivity index (χ0n) is 15.4. The molecule has 0 atom stereocenters. The van der Waals surface area contributed by atoms with Gasteiger partial charge in [0.1, 0.15) is 6.33 Å². The molecule has 7 nitrogen and oxygen atoms in total. The minimum atomic E-state index is -0.521. The molecule has 3 aromatic rings. The second kappa shape index (κ2) is 7.26. The van der Waals surface area contributed by atoms with Crippen LogP contribution in [0.3, 0.4) is 0 Å². The Morgan fingerprint density at radius 3 is 2.74 bits per heavy atom. The Morgan fingerprint density at radius 2 is 1.93 bits per heavy atom. The molecule has 4 rings (SSSR count). The Labute approximate surface area is 157 Å². The lowest BCUT2D eigenvalue weighted by Gasteiger charge is -2.30. The Balaban J connectivity index is 1.67. The van der Waals surface area contributed by atoms with Gasteiger partial charge in [0.15, 0.2) is 5.65 Å². The number of rotatable bonds is 4. The van der Waals surface area contributed by atoms with Crippen molar-refractivity contribution in [2.24, 2.45) is 0 Å². The zero-order chi connectivity index (χ0) is 18.8. The predicted molar refractivity (Wildman–Crippen MR) is 106 cm³/mol. The fourth-order valence-electron chi connectivity index (χ4n) is 3.73. The van der Waals surface area contributed by atoms with Crippen molar-refractivity contribution < 1.29 is 5.21 Å². The molecule has 0 spiro atoms. The lowest BCUT2D eigenvalue weighted by atomic mass is 10.1. The van der Waals surface area contributed by atoms with E-state index in [-0.39, 0.29) is 5.65 Å². The molecule has 27 heavy (non-hydrogen) atoms. The summed E-state index contributed by atoms with van der Waals surface area (Å²) in [5.41, 5.74) is 3.43. The molecular formula is C20H23N5O2. The van der Waals surface area contributed by atoms with E-state index < -0.39 is 5.56 Å². The van der Waals surface area contributed by atoms with Gasteiger partial charge in [0.05, 0.1) is 16.8 Å². The Kier molecular flexibility index (Phi) is 4.66. The Hall–Kier alpha value is -3.09. The number of hydrogen-bond acceptors (Lipinski definition) is 6. The number of aryl methyl sites for hydroxylation is 1. The largest absolute Gasteiger partial charge is 0.423 e. The first kappa shape index (κ1) is 17.3. The maximum Gasteiger partial charge on any atom is 0.286 e. The molecule has 1 saturated heterocycles. The predicted octanol–water partition coefficient (Wildman–Crippen LogP) is 2.94. The number of hydrogen-bond donors (Lipinski definition) is 2. The summed E-state index contributed by atoms with van der Waals surface area (Å²) in [5, 5.41) is 14.0. The Morgan fingerprint density at radius 1 is 1.15 bits per heavy atom. The van der Waals surface area contributed by atoms with Gasteiger partial charge in [-0.15, -0.1) is 4.73 Å². The zero-order valence-corrected chi connectivity index (χ0v) is 15.4. The van der Waals surface area contributed by atoms with E-state index in [0.717, 1.165) is 13.1 Å². The fraction of sp³-hybridized carbons (Fsp3) is 0.350. The molecule has 0 amide bonds. The average Bonchev–Trinajstić information content (AvgIpc) is 2.70. The number of nitrogens with one attached hydrogen (secondary N) is 1. The van der Waals surface area contributed by atoms with E-state index in [1.165, 1.54) is 42.9 Å². The van der Waals surface area contributed by atoms with Gasteiger partial charge in [0.2, 0.25) is 0 Å². The molecule has 1 aromatic carbocycles. The third-order valence-electron chi connectivity index (χ3n) is 5.12. The molecule has 140 valence electrons. The van der Waals surface area contributed by atoms with E-state index in [0.29, 0.717) is 28.0 Å². The summed E-state index contributed by atoms with van der Waals surface area (Å²) in [6, 6.07) is 9.74. The van der Waals surface area contributed by atoms with E-state index in [4.69, 9.17) is 0 Å². The molecule has 1 aliphatic heterocycles. The van der Waals surface area contributed by atoms with Crippen LogP contribution in [0.5, 0.6) is 0 Å². The van der Waals surface area contributed by atoms with Gasteiger partial charge in [0, 0.05) is 31.4 Å². The van der Waals surface area contributed by atoms with Gasteiger partial charge < -0.3 is 15.4 Å². The van der Waals surface area contributed by atoms with Crippen LogP contribution in [0.4, 0.5) is 11.4 Å². The molecule has 1 fully saturated rings. The smallest absolute Gasteiger partial charge is 0.286 e. The lowest BCUT2D eigenvalue weighted by molar-refractivity contribution is 0.186. The molecule has 0 aliphatic carbocycles. The summed E-state index contributed by atoms with van der Waals surface area (Å²) in [6.07, 6.45) is 5.08. The molecular weight excluding hydrogens is 342 g/mol. The summed E-state index contributed by atoms with van der Waals surface area (Å²) >= 11 is 0. The van der Waals surface area contributed by atoms with Crippen LogP contribution in [0.15, 0.2) is 41.5 Å². The number of piperidine rings is 1. The third kappa shape index (κ3) is 3.32. The van der Waals surface area contributed by atoms with Gasteiger partial charge in [-0.2, -0.15) is 0 Å². The van der Waals surface area contributed by atoms with Crippen LogP contribution in [0, 0.1) is 6.92 Å². The van der Waals surface area contributed by atoms with Crippen molar-refractivity contribution in [1.82, 2.24) is 14.7 Å². The molecule has 2 aromatic heterocycles. The van der Waals surface area contributed by atoms with E-state index in [1.807, 2.05) is 13.0 Å². The number of benzene rings is 1. The second-order valence-corrected chi connectivity index (χ2v) is 6.90. The summed E-state index contributed by atoms with van der Waals surface area (Å²) in [7, 11) is 0. The molecule has 1 aliphatic rings. The number of pyridine rings is 1. The van der Waals surface area contributed by atoms with Crippen LogP contribution in [-0.4, -0.2) is 33.0 Å². The number of fused-ring (bicyclic) bond motifs is 1. The van der Waals surface area contributed by atoms with Crippen LogP contribution < -0.4 is 15.8 Å². The van der Waals surface area contributed by atoms with Gasteiger partial charge in [-0.25, -0.2) is 9.97 Å². The molecule has 2 N–H and O–H groups in total. The lowest BCUT2D eigenvalue weighted by Crippen LogP contribution is -2.30. The molecule has 0 radical (unpaired) electrons. The summed E-state index contributed by atoms with van der Waals surface area (Å²) < 4.78 is 0.566. The second-order valence-electron chi connectivity index (χ2n) is 6.90. The molecule has 0 saturated carbocycles. The number of para-hydroxylation sites is 1. The highest BCUT2D eigenvalue weighted by molar-refractivity contribution is 5.90. The van der Waals surface area contributed by atoms with Gasteiger partial charge in [-0.05, 0) is 37.8 Å². The summed E-state index contributed by atoms with van der Waals surface area (Å²) in [6.45, 7) is 4.56. The average molecular weight is 365 g/mol. The Bertz CT molecular complexity index is 1020. The van der Waals surface area contributed by atoms with Crippen LogP contribution in [0.1, 0.15) is 30.5 Å². The maximum atomic E-state index is 12.1. The quantitative estimate of drug-likeness (QED) is 0.692. The molecule has 0 unspecified atom stereocenters. The maximum absolute atomic E-state index is 12.1. The van der Waals surface area contributed by atoms with E-state index in [2.05, 4.69) is 38.4 Å². The minimum Gasteiger partial charge on any atom is -0.423 e. The van der Waals surface area contributed by atoms with E-state index >= 15 is 0 Å². The fourth-order valence-corrected chi connectivity index (χ4v) is 3.73. The number of nitrogens with zero attached hydrogens (tertiary/aromatic N) is 4. The van der Waals surface area contributed by atoms with Gasteiger partial charge in [-0.1, -0.05) is 18.2 Å². The normalized spacial score (nSPS) is 14.5. The van der Waals surface area contributed by atoms with Crippen molar-refractivity contribution in [3.63, 3.8) is 0 Å². The van der Waals surface area contributed by atoms with Crippen LogP contribution in [0.2, 0.25) is 0 Å². The summed E-state index contributed by atoms with van der Waals surface area (Å²) in [5.74, 6) is 0. The van der Waals surface area contributed by atoms with Crippen LogP contribution in [0.25, 0.3) is 11.0 Å². The highest BCUT2D eigenvalue weighted by atomic mass is 16.5. The molecule has 0 bridgehead atoms. The van der Waals surface area contributed by atoms with Gasteiger partial charge in [-0.3, -0.25) is 4.79 Å². The first-order chi connectivity index (χ1) is 13.1. The van der Waals surface area contributed by atoms with Crippen molar-refractivity contribution in [3.8, 4) is 0 Å². The SMILES string of the molecule is Cc1ncnc2c1c(NCc1ccccc1N1CCCCC1)cc(=O)n2O. The van der Waals surface area contributed by atoms with Crippen LogP contribution in [-0.2, 0) is 6.54 Å². The van der Waals surface area contributed by atoms with Crippen LogP contribution >= 0.6 is 0 Å². The van der Waals surface area contributed by atoms with Crippen molar-refractivity contribution in [3.05, 3.63) is 58.3 Å². The monoisotopic (exact) mass is 365 g/mol. The minimum absolute atomic E-state index is 0.210. The van der Waals surface area contributed by atoms with Crippen molar-refractivity contribution >= 4 is 22.4 Å². The van der Waals surface area contributed by atoms with E-state index in [1.54, 1.807) is 0 Å². The molecule has 3 heterocycles. The topological polar surface area (TPSA) is 83.3 Å². The molecule has 7 heteroatoms. The van der Waals surface area contributed by atoms with Gasteiger partial charge in [0.25, 0.3) is 5.56 Å². The number of anilines is 2. The third-order valence-corrected chi connectivity index (χ3v) is 5.12. The first-order valence-electron chi connectivity index (χ1n) is 9.28. The van der Waals surface area contributed by atoms with Crippen molar-refractivity contribution in [1.29, 1.82) is 0 Å². The van der Waals surface area contributed by atoms with Gasteiger partial charge >= 0.3 is 0 Å². The highest BCUT2D eigenvalue weighted by Gasteiger charge is 2.16. The standard InChI is InChI=1S/C20H23N5O2/c1-14-19-16(11-18(26)25(27)20(19)23-13-22-14)21-12-15-7-3-4-8-17(15)24-9-5-2-6-10-24/h3-4,7-8,11,13,21,27H,2,5-6,9-10,12H2,1H3. The van der Waals surface area contributed by atoms with Crippen molar-refractivity contribution in [2.75, 3.05) is 23.3 Å².